The summed E-state index contributed by atoms with van der Waals surface area (Å²) < 4.78 is 20.9. The number of benzene rings is 2. The average molecular weight is 428 g/mol. The number of carbonyl (C=O) groups excluding carboxylic acids is 2. The maximum Gasteiger partial charge on any atom is 0.311 e. The number of nitrogens with one attached hydrogen (secondary N) is 1. The number of methoxy groups -OCH3 is 2. The van der Waals surface area contributed by atoms with Gasteiger partial charge < -0.3 is 23.9 Å². The lowest BCUT2D eigenvalue weighted by Crippen LogP contribution is -2.30. The number of nitrogens with zero attached hydrogens (tertiary/aromatic N) is 1. The molecule has 3 rings (SSSR count). The number of carbonyl (C=O) groups is 2. The number of nitro groups is 1. The van der Waals surface area contributed by atoms with E-state index in [-0.39, 0.29) is 23.5 Å². The molecule has 1 heterocycles. The fourth-order valence-corrected chi connectivity index (χ4v) is 2.92. The zero-order valence-electron chi connectivity index (χ0n) is 17.0. The molecular formula is C21H20N2O8. The van der Waals surface area contributed by atoms with Crippen LogP contribution in [0.4, 0.5) is 11.4 Å². The molecule has 31 heavy (non-hydrogen) atoms. The van der Waals surface area contributed by atoms with E-state index in [2.05, 4.69) is 5.32 Å². The molecule has 1 unspecified atom stereocenters. The summed E-state index contributed by atoms with van der Waals surface area (Å²) in [5.74, 6) is -0.434. The Kier molecular flexibility index (Phi) is 6.39. The Balaban J connectivity index is 1.65. The molecule has 0 aliphatic rings. The Morgan fingerprint density at radius 2 is 1.94 bits per heavy atom. The van der Waals surface area contributed by atoms with Gasteiger partial charge in [0.1, 0.15) is 17.1 Å². The van der Waals surface area contributed by atoms with Gasteiger partial charge in [0.2, 0.25) is 0 Å². The second kappa shape index (κ2) is 9.16. The molecule has 0 radical (unpaired) electrons. The van der Waals surface area contributed by atoms with Crippen LogP contribution in [0.1, 0.15) is 12.5 Å². The number of furan rings is 1. The van der Waals surface area contributed by atoms with Crippen molar-refractivity contribution >= 4 is 34.2 Å². The first kappa shape index (κ1) is 21.6. The number of hydrogen-bond donors (Lipinski definition) is 1. The van der Waals surface area contributed by atoms with Crippen molar-refractivity contribution in [3.05, 3.63) is 58.3 Å². The quantitative estimate of drug-likeness (QED) is 0.328. The number of ether oxygens (including phenoxy) is 3. The standard InChI is InChI=1S/C21H20N2O8/c1-12(21(25)22-17-9-14(23(26)27)4-7-18(17)29-3)31-20(24)8-13-11-30-19-10-15(28-2)5-6-16(13)19/h4-7,9-12H,8H2,1-3H3,(H,22,25). The Labute approximate surface area is 176 Å². The summed E-state index contributed by atoms with van der Waals surface area (Å²) in [5, 5.41) is 14.2. The number of non-ortho nitro benzene ring substituents is 1. The summed E-state index contributed by atoms with van der Waals surface area (Å²) in [4.78, 5) is 35.1. The van der Waals surface area contributed by atoms with E-state index in [0.29, 0.717) is 16.9 Å². The maximum absolute atomic E-state index is 12.4. The predicted molar refractivity (Wildman–Crippen MR) is 110 cm³/mol. The van der Waals surface area contributed by atoms with E-state index in [1.807, 2.05) is 0 Å². The fourth-order valence-electron chi connectivity index (χ4n) is 2.92. The number of anilines is 1. The van der Waals surface area contributed by atoms with Crippen molar-refractivity contribution in [1.29, 1.82) is 0 Å². The molecular weight excluding hydrogens is 408 g/mol. The number of fused-ring (bicyclic) bond motifs is 1. The minimum absolute atomic E-state index is 0.0966. The summed E-state index contributed by atoms with van der Waals surface area (Å²) in [7, 11) is 2.91. The zero-order chi connectivity index (χ0) is 22.5. The molecule has 1 amide bonds. The molecule has 1 atom stereocenters. The molecule has 10 nitrogen and oxygen atoms in total. The fraction of sp³-hybridized carbons (Fsp3) is 0.238. The molecule has 0 aliphatic carbocycles. The predicted octanol–water partition coefficient (Wildman–Crippen LogP) is 3.47. The van der Waals surface area contributed by atoms with E-state index in [9.17, 15) is 19.7 Å². The topological polar surface area (TPSA) is 130 Å². The van der Waals surface area contributed by atoms with E-state index in [1.54, 1.807) is 18.2 Å². The van der Waals surface area contributed by atoms with Crippen molar-refractivity contribution in [3.63, 3.8) is 0 Å². The van der Waals surface area contributed by atoms with Gasteiger partial charge >= 0.3 is 5.97 Å². The number of amides is 1. The van der Waals surface area contributed by atoms with Crippen LogP contribution in [0.2, 0.25) is 0 Å². The molecule has 162 valence electrons. The van der Waals surface area contributed by atoms with Gasteiger partial charge in [-0.1, -0.05) is 0 Å². The van der Waals surface area contributed by atoms with E-state index in [0.717, 1.165) is 11.5 Å². The normalized spacial score (nSPS) is 11.6. The van der Waals surface area contributed by atoms with Crippen molar-refractivity contribution in [2.75, 3.05) is 19.5 Å². The first-order chi connectivity index (χ1) is 14.8. The van der Waals surface area contributed by atoms with Crippen molar-refractivity contribution in [3.8, 4) is 11.5 Å². The molecule has 2 aromatic carbocycles. The molecule has 0 saturated carbocycles. The number of nitro benzene ring substituents is 1. The highest BCUT2D eigenvalue weighted by Crippen LogP contribution is 2.29. The van der Waals surface area contributed by atoms with Crippen LogP contribution < -0.4 is 14.8 Å². The van der Waals surface area contributed by atoms with Crippen LogP contribution in [0.25, 0.3) is 11.0 Å². The molecule has 1 aromatic heterocycles. The Morgan fingerprint density at radius 1 is 1.16 bits per heavy atom. The van der Waals surface area contributed by atoms with E-state index >= 15 is 0 Å². The van der Waals surface area contributed by atoms with E-state index in [4.69, 9.17) is 18.6 Å². The van der Waals surface area contributed by atoms with Crippen LogP contribution in [0.15, 0.2) is 47.1 Å². The molecule has 0 bridgehead atoms. The van der Waals surface area contributed by atoms with Gasteiger partial charge in [-0.05, 0) is 25.1 Å². The molecule has 10 heteroatoms. The van der Waals surface area contributed by atoms with Crippen LogP contribution >= 0.6 is 0 Å². The van der Waals surface area contributed by atoms with Gasteiger partial charge in [0.25, 0.3) is 11.6 Å². The SMILES string of the molecule is COc1ccc2c(CC(=O)OC(C)C(=O)Nc3cc([N+](=O)[O-])ccc3OC)coc2c1. The largest absolute Gasteiger partial charge is 0.497 e. The van der Waals surface area contributed by atoms with Crippen molar-refractivity contribution in [1.82, 2.24) is 0 Å². The Morgan fingerprint density at radius 3 is 2.61 bits per heavy atom. The summed E-state index contributed by atoms with van der Waals surface area (Å²) in [6.07, 6.45) is 0.205. The van der Waals surface area contributed by atoms with Crippen molar-refractivity contribution < 1.29 is 33.1 Å². The first-order valence-electron chi connectivity index (χ1n) is 9.19. The van der Waals surface area contributed by atoms with Gasteiger partial charge in [-0.3, -0.25) is 19.7 Å². The molecule has 0 spiro atoms. The molecule has 3 aromatic rings. The lowest BCUT2D eigenvalue weighted by Gasteiger charge is -2.15. The molecule has 1 N–H and O–H groups in total. The monoisotopic (exact) mass is 428 g/mol. The summed E-state index contributed by atoms with van der Waals surface area (Å²) >= 11 is 0. The highest BCUT2D eigenvalue weighted by Gasteiger charge is 2.22. The first-order valence-corrected chi connectivity index (χ1v) is 9.19. The summed E-state index contributed by atoms with van der Waals surface area (Å²) in [6.45, 7) is 1.40. The highest BCUT2D eigenvalue weighted by atomic mass is 16.6. The number of rotatable bonds is 8. The third-order valence-electron chi connectivity index (χ3n) is 4.53. The number of hydrogen-bond acceptors (Lipinski definition) is 8. The van der Waals surface area contributed by atoms with Crippen LogP contribution in [0.3, 0.4) is 0 Å². The van der Waals surface area contributed by atoms with E-state index in [1.165, 1.54) is 39.5 Å². The minimum atomic E-state index is -1.14. The van der Waals surface area contributed by atoms with Gasteiger partial charge in [0, 0.05) is 29.1 Å². The molecule has 0 aliphatic heterocycles. The average Bonchev–Trinajstić information content (AvgIpc) is 3.15. The minimum Gasteiger partial charge on any atom is -0.497 e. The van der Waals surface area contributed by atoms with Gasteiger partial charge in [-0.15, -0.1) is 0 Å². The smallest absolute Gasteiger partial charge is 0.311 e. The molecule has 0 fully saturated rings. The van der Waals surface area contributed by atoms with Crippen LogP contribution in [0, 0.1) is 10.1 Å². The Bertz CT molecular complexity index is 1140. The van der Waals surface area contributed by atoms with Crippen molar-refractivity contribution in [2.45, 2.75) is 19.4 Å². The third kappa shape index (κ3) is 4.92. The van der Waals surface area contributed by atoms with E-state index < -0.39 is 22.9 Å². The van der Waals surface area contributed by atoms with Gasteiger partial charge in [-0.25, -0.2) is 0 Å². The summed E-state index contributed by atoms with van der Waals surface area (Å²) in [5.41, 5.74) is 1.05. The van der Waals surface area contributed by atoms with Crippen molar-refractivity contribution in [2.24, 2.45) is 0 Å². The molecule has 0 saturated heterocycles. The van der Waals surface area contributed by atoms with Crippen LogP contribution in [-0.2, 0) is 20.7 Å². The second-order valence-corrected chi connectivity index (χ2v) is 6.56. The Hall–Kier alpha value is -4.08. The lowest BCUT2D eigenvalue weighted by molar-refractivity contribution is -0.384. The highest BCUT2D eigenvalue weighted by molar-refractivity contribution is 5.97. The van der Waals surface area contributed by atoms with Gasteiger partial charge in [0.05, 0.1) is 37.5 Å². The van der Waals surface area contributed by atoms with Crippen LogP contribution in [0.5, 0.6) is 11.5 Å². The lowest BCUT2D eigenvalue weighted by atomic mass is 10.1. The number of esters is 1. The second-order valence-electron chi connectivity index (χ2n) is 6.56. The van der Waals surface area contributed by atoms with Gasteiger partial charge in [-0.2, -0.15) is 0 Å². The summed E-state index contributed by atoms with van der Waals surface area (Å²) in [6, 6.07) is 9.00. The maximum atomic E-state index is 12.4. The van der Waals surface area contributed by atoms with Gasteiger partial charge in [0.15, 0.2) is 6.10 Å². The van der Waals surface area contributed by atoms with Crippen LogP contribution in [-0.4, -0.2) is 37.1 Å². The zero-order valence-corrected chi connectivity index (χ0v) is 17.0. The third-order valence-corrected chi connectivity index (χ3v) is 4.53.